The SMILES string of the molecule is CC(=O)O[C@]12CCCCC[C@H]1[C@@]1(O)[C@@H]2OCC[C@@H]1O.CC(=O)O[C@]12CCCCC[C@H]1[C@@]1(O)[C@@H]2OCC[C@@H]1O. The summed E-state index contributed by atoms with van der Waals surface area (Å²) in [7, 11) is 0. The molecule has 0 unspecified atom stereocenters. The van der Waals surface area contributed by atoms with Gasteiger partial charge in [-0.1, -0.05) is 25.7 Å². The summed E-state index contributed by atoms with van der Waals surface area (Å²) in [6, 6.07) is 0. The molecule has 10 nitrogen and oxygen atoms in total. The van der Waals surface area contributed by atoms with Gasteiger partial charge in [0.15, 0.2) is 0 Å². The Labute approximate surface area is 224 Å². The van der Waals surface area contributed by atoms with Gasteiger partial charge in [0.05, 0.1) is 12.2 Å². The molecule has 10 heteroatoms. The summed E-state index contributed by atoms with van der Waals surface area (Å²) in [5.41, 5.74) is -3.92. The minimum atomic E-state index is -1.24. The maximum Gasteiger partial charge on any atom is 0.303 e. The van der Waals surface area contributed by atoms with E-state index in [-0.39, 0.29) is 23.8 Å². The molecule has 6 aliphatic rings. The molecule has 0 aromatic carbocycles. The summed E-state index contributed by atoms with van der Waals surface area (Å²) >= 11 is 0. The van der Waals surface area contributed by atoms with Crippen molar-refractivity contribution in [1.82, 2.24) is 0 Å². The van der Waals surface area contributed by atoms with Crippen LogP contribution in [0.5, 0.6) is 0 Å². The highest BCUT2D eigenvalue weighted by molar-refractivity contribution is 5.67. The van der Waals surface area contributed by atoms with E-state index in [1.165, 1.54) is 13.8 Å². The predicted octanol–water partition coefficient (Wildman–Crippen LogP) is 1.53. The molecule has 4 aliphatic carbocycles. The first kappa shape index (κ1) is 28.2. The molecule has 4 saturated carbocycles. The predicted molar refractivity (Wildman–Crippen MR) is 133 cm³/mol. The van der Waals surface area contributed by atoms with E-state index in [0.717, 1.165) is 64.2 Å². The van der Waals surface area contributed by atoms with Crippen LogP contribution < -0.4 is 0 Å². The Morgan fingerprint density at radius 3 is 1.42 bits per heavy atom. The molecular formula is C28H44O10. The average molecular weight is 541 g/mol. The molecular weight excluding hydrogens is 496 g/mol. The lowest BCUT2D eigenvalue weighted by Gasteiger charge is -2.66. The second-order valence-corrected chi connectivity index (χ2v) is 12.3. The highest BCUT2D eigenvalue weighted by atomic mass is 16.6. The average Bonchev–Trinajstić information content (AvgIpc) is 3.16. The Balaban J connectivity index is 0.000000155. The third-order valence-electron chi connectivity index (χ3n) is 10.2. The monoisotopic (exact) mass is 540 g/mol. The van der Waals surface area contributed by atoms with Crippen molar-refractivity contribution in [1.29, 1.82) is 0 Å². The fourth-order valence-electron chi connectivity index (χ4n) is 8.83. The van der Waals surface area contributed by atoms with Crippen LogP contribution in [0, 0.1) is 11.8 Å². The Bertz CT molecular complexity index is 840. The van der Waals surface area contributed by atoms with Crippen molar-refractivity contribution in [3.8, 4) is 0 Å². The zero-order valence-electron chi connectivity index (χ0n) is 22.6. The van der Waals surface area contributed by atoms with Gasteiger partial charge in [0.25, 0.3) is 0 Å². The molecule has 216 valence electrons. The smallest absolute Gasteiger partial charge is 0.303 e. The molecule has 2 saturated heterocycles. The van der Waals surface area contributed by atoms with Gasteiger partial charge in [0.2, 0.25) is 0 Å². The number of hydrogen-bond acceptors (Lipinski definition) is 10. The topological polar surface area (TPSA) is 152 Å². The molecule has 38 heavy (non-hydrogen) atoms. The highest BCUT2D eigenvalue weighted by Crippen LogP contribution is 2.61. The second kappa shape index (κ2) is 10.3. The molecule has 0 amide bonds. The van der Waals surface area contributed by atoms with Crippen molar-refractivity contribution in [3.63, 3.8) is 0 Å². The van der Waals surface area contributed by atoms with Gasteiger partial charge in [-0.25, -0.2) is 0 Å². The summed E-state index contributed by atoms with van der Waals surface area (Å²) < 4.78 is 22.6. The molecule has 10 atom stereocenters. The zero-order valence-corrected chi connectivity index (χ0v) is 22.6. The number of esters is 2. The number of aliphatic hydroxyl groups is 4. The van der Waals surface area contributed by atoms with Gasteiger partial charge in [-0.3, -0.25) is 9.59 Å². The second-order valence-electron chi connectivity index (χ2n) is 12.3. The number of rotatable bonds is 2. The third kappa shape index (κ3) is 4.05. The summed E-state index contributed by atoms with van der Waals surface area (Å²) in [5, 5.41) is 42.0. The van der Waals surface area contributed by atoms with Crippen LogP contribution in [-0.2, 0) is 28.5 Å². The number of carbonyl (C=O) groups is 2. The van der Waals surface area contributed by atoms with Crippen LogP contribution in [-0.4, -0.2) is 92.4 Å². The van der Waals surface area contributed by atoms with Gasteiger partial charge in [-0.2, -0.15) is 0 Å². The van der Waals surface area contributed by atoms with Gasteiger partial charge < -0.3 is 39.4 Å². The van der Waals surface area contributed by atoms with E-state index in [9.17, 15) is 30.0 Å². The fourth-order valence-corrected chi connectivity index (χ4v) is 8.83. The first-order chi connectivity index (χ1) is 18.0. The van der Waals surface area contributed by atoms with E-state index in [0.29, 0.717) is 26.1 Å². The zero-order chi connectivity index (χ0) is 27.3. The van der Waals surface area contributed by atoms with E-state index in [4.69, 9.17) is 18.9 Å². The lowest BCUT2D eigenvalue weighted by Crippen LogP contribution is -2.84. The summed E-state index contributed by atoms with van der Waals surface area (Å²) in [5.74, 6) is -1.08. The van der Waals surface area contributed by atoms with E-state index < -0.39 is 46.8 Å². The molecule has 0 aromatic rings. The molecule has 4 N–H and O–H groups in total. The molecule has 0 spiro atoms. The van der Waals surface area contributed by atoms with Crippen LogP contribution in [0.3, 0.4) is 0 Å². The largest absolute Gasteiger partial charge is 0.456 e. The van der Waals surface area contributed by atoms with Gasteiger partial charge in [-0.15, -0.1) is 0 Å². The lowest BCUT2D eigenvalue weighted by atomic mass is 9.50. The summed E-state index contributed by atoms with van der Waals surface area (Å²) in [6.07, 6.45) is 7.24. The van der Waals surface area contributed by atoms with Crippen molar-refractivity contribution in [2.45, 2.75) is 138 Å². The van der Waals surface area contributed by atoms with Crippen LogP contribution in [0.2, 0.25) is 0 Å². The lowest BCUT2D eigenvalue weighted by molar-refractivity contribution is -0.374. The molecule has 6 rings (SSSR count). The number of aliphatic hydroxyl groups excluding tert-OH is 2. The molecule has 0 bridgehead atoms. The minimum Gasteiger partial charge on any atom is -0.456 e. The maximum atomic E-state index is 11.4. The molecule has 6 fully saturated rings. The summed E-state index contributed by atoms with van der Waals surface area (Å²) in [4.78, 5) is 22.9. The van der Waals surface area contributed by atoms with Crippen LogP contribution in [0.1, 0.15) is 90.9 Å². The van der Waals surface area contributed by atoms with E-state index in [2.05, 4.69) is 0 Å². The molecule has 2 aliphatic heterocycles. The van der Waals surface area contributed by atoms with Crippen LogP contribution in [0.4, 0.5) is 0 Å². The first-order valence-corrected chi connectivity index (χ1v) is 14.5. The third-order valence-corrected chi connectivity index (χ3v) is 10.2. The van der Waals surface area contributed by atoms with Crippen molar-refractivity contribution >= 4 is 11.9 Å². The van der Waals surface area contributed by atoms with Crippen LogP contribution >= 0.6 is 0 Å². The normalized spacial score (nSPS) is 49.3. The van der Waals surface area contributed by atoms with Gasteiger partial charge >= 0.3 is 11.9 Å². The quantitative estimate of drug-likeness (QED) is 0.379. The Morgan fingerprint density at radius 1 is 0.658 bits per heavy atom. The molecule has 0 aromatic heterocycles. The number of ether oxygens (including phenoxy) is 4. The molecule has 0 radical (unpaired) electrons. The highest BCUT2D eigenvalue weighted by Gasteiger charge is 2.77. The van der Waals surface area contributed by atoms with Gasteiger partial charge in [0, 0.05) is 38.9 Å². The van der Waals surface area contributed by atoms with Crippen molar-refractivity contribution in [2.75, 3.05) is 13.2 Å². The van der Waals surface area contributed by atoms with Crippen molar-refractivity contribution in [3.05, 3.63) is 0 Å². The Morgan fingerprint density at radius 2 is 1.05 bits per heavy atom. The first-order valence-electron chi connectivity index (χ1n) is 14.5. The Kier molecular flexibility index (Phi) is 7.63. The van der Waals surface area contributed by atoms with Gasteiger partial charge in [-0.05, 0) is 51.4 Å². The van der Waals surface area contributed by atoms with E-state index in [1.807, 2.05) is 0 Å². The Hall–Kier alpha value is -1.30. The standard InChI is InChI=1S/2C14H22O5/c2*1-9(15)19-13-7-4-2-3-5-10(13)14(17)11(16)6-8-18-12(13)14/h2*10-12,16-17H,2-8H2,1H3/t2*10-,11+,12-,13-,14+/m11/s1. The minimum absolute atomic E-state index is 0.202. The van der Waals surface area contributed by atoms with Crippen LogP contribution in [0.25, 0.3) is 0 Å². The van der Waals surface area contributed by atoms with Crippen molar-refractivity contribution in [2.24, 2.45) is 11.8 Å². The van der Waals surface area contributed by atoms with E-state index in [1.54, 1.807) is 0 Å². The number of fused-ring (bicyclic) bond motifs is 8. The van der Waals surface area contributed by atoms with E-state index >= 15 is 0 Å². The van der Waals surface area contributed by atoms with Gasteiger partial charge in [0.1, 0.15) is 34.6 Å². The van der Waals surface area contributed by atoms with Crippen LogP contribution in [0.15, 0.2) is 0 Å². The number of carbonyl (C=O) groups excluding carboxylic acids is 2. The molecule has 2 heterocycles. The van der Waals surface area contributed by atoms with Crippen molar-refractivity contribution < 1.29 is 49.0 Å². The summed E-state index contributed by atoms with van der Waals surface area (Å²) in [6.45, 7) is 3.61. The number of hydrogen-bond donors (Lipinski definition) is 4. The maximum absolute atomic E-state index is 11.4. The fraction of sp³-hybridized carbons (Fsp3) is 0.929.